The van der Waals surface area contributed by atoms with Gasteiger partial charge in [-0.05, 0) is 18.6 Å². The topological polar surface area (TPSA) is 12.9 Å². The number of rotatable bonds is 2. The minimum absolute atomic E-state index is 0.177. The van der Waals surface area contributed by atoms with E-state index in [0.717, 1.165) is 17.0 Å². The second-order valence-electron chi connectivity index (χ2n) is 4.70. The summed E-state index contributed by atoms with van der Waals surface area (Å²) in [5.41, 5.74) is 1.06. The summed E-state index contributed by atoms with van der Waals surface area (Å²) in [6.07, 6.45) is 11.5. The third-order valence-electron chi connectivity index (χ3n) is 3.31. The molecular formula is C18H15NS. The van der Waals surface area contributed by atoms with E-state index in [1.807, 2.05) is 41.9 Å². The quantitative estimate of drug-likeness (QED) is 0.741. The lowest BCUT2D eigenvalue weighted by molar-refractivity contribution is 0.598. The van der Waals surface area contributed by atoms with Crippen molar-refractivity contribution in [2.24, 2.45) is 5.92 Å². The fourth-order valence-electron chi connectivity index (χ4n) is 2.27. The van der Waals surface area contributed by atoms with Crippen molar-refractivity contribution in [2.45, 2.75) is 12.3 Å². The first-order chi connectivity index (χ1) is 9.93. The van der Waals surface area contributed by atoms with Crippen LogP contribution < -0.4 is 0 Å². The van der Waals surface area contributed by atoms with Gasteiger partial charge in [0.2, 0.25) is 0 Å². The van der Waals surface area contributed by atoms with Crippen molar-refractivity contribution in [3.8, 4) is 11.8 Å². The Morgan fingerprint density at radius 3 is 2.80 bits per heavy atom. The minimum atomic E-state index is 0.177. The summed E-state index contributed by atoms with van der Waals surface area (Å²) in [6, 6.07) is 10.1. The highest BCUT2D eigenvalue weighted by Gasteiger charge is 2.21. The van der Waals surface area contributed by atoms with Crippen molar-refractivity contribution in [3.63, 3.8) is 0 Å². The van der Waals surface area contributed by atoms with Crippen LogP contribution in [-0.4, -0.2) is 4.98 Å². The maximum atomic E-state index is 4.46. The van der Waals surface area contributed by atoms with Crippen LogP contribution in [0.5, 0.6) is 0 Å². The second kappa shape index (κ2) is 6.36. The van der Waals surface area contributed by atoms with Crippen molar-refractivity contribution in [1.82, 2.24) is 4.98 Å². The van der Waals surface area contributed by atoms with Gasteiger partial charge >= 0.3 is 0 Å². The normalized spacial score (nSPS) is 18.3. The predicted octanol–water partition coefficient (Wildman–Crippen LogP) is 4.41. The van der Waals surface area contributed by atoms with Crippen LogP contribution >= 0.6 is 11.3 Å². The lowest BCUT2D eigenvalue weighted by Gasteiger charge is -2.18. The predicted molar refractivity (Wildman–Crippen MR) is 84.6 cm³/mol. The molecule has 0 spiro atoms. The molecule has 2 atom stereocenters. The van der Waals surface area contributed by atoms with Gasteiger partial charge in [0.1, 0.15) is 5.01 Å². The second-order valence-corrected chi connectivity index (χ2v) is 5.62. The molecule has 98 valence electrons. The molecule has 1 aliphatic rings. The van der Waals surface area contributed by atoms with Crippen LogP contribution in [0.1, 0.15) is 22.9 Å². The molecule has 0 saturated heterocycles. The van der Waals surface area contributed by atoms with E-state index < -0.39 is 0 Å². The fourth-order valence-corrected chi connectivity index (χ4v) is 3.03. The molecule has 2 aromatic rings. The molecule has 0 fully saturated rings. The van der Waals surface area contributed by atoms with E-state index in [2.05, 4.69) is 41.1 Å². The zero-order chi connectivity index (χ0) is 13.6. The molecule has 0 saturated carbocycles. The average Bonchev–Trinajstić information content (AvgIpc) is 3.04. The van der Waals surface area contributed by atoms with Gasteiger partial charge in [0, 0.05) is 23.1 Å². The third kappa shape index (κ3) is 3.07. The van der Waals surface area contributed by atoms with Gasteiger partial charge in [-0.25, -0.2) is 4.98 Å². The van der Waals surface area contributed by atoms with Gasteiger partial charge in [0.15, 0.2) is 0 Å². The van der Waals surface area contributed by atoms with E-state index in [-0.39, 0.29) is 5.92 Å². The average molecular weight is 277 g/mol. The highest BCUT2D eigenvalue weighted by atomic mass is 32.1. The monoisotopic (exact) mass is 277 g/mol. The van der Waals surface area contributed by atoms with E-state index in [1.54, 1.807) is 11.3 Å². The molecule has 3 rings (SSSR count). The van der Waals surface area contributed by atoms with Crippen molar-refractivity contribution in [3.05, 3.63) is 76.8 Å². The minimum Gasteiger partial charge on any atom is -0.248 e. The van der Waals surface area contributed by atoms with E-state index in [0.29, 0.717) is 5.92 Å². The molecule has 1 aromatic heterocycles. The number of hydrogen-bond acceptors (Lipinski definition) is 2. The van der Waals surface area contributed by atoms with Gasteiger partial charge in [0.25, 0.3) is 0 Å². The first kappa shape index (κ1) is 12.9. The van der Waals surface area contributed by atoms with Crippen LogP contribution in [0.4, 0.5) is 0 Å². The summed E-state index contributed by atoms with van der Waals surface area (Å²) in [5.74, 6) is 7.31. The molecule has 0 radical (unpaired) electrons. The third-order valence-corrected chi connectivity index (χ3v) is 4.16. The molecule has 1 nitrogen and oxygen atoms in total. The molecule has 0 amide bonds. The number of nitrogens with zero attached hydrogens (tertiary/aromatic N) is 1. The fraction of sp³-hybridized carbons (Fsp3) is 0.167. The van der Waals surface area contributed by atoms with Gasteiger partial charge in [-0.2, -0.15) is 0 Å². The molecule has 1 heterocycles. The molecular weight excluding hydrogens is 262 g/mol. The number of allylic oxidation sites excluding steroid dienone is 4. The Morgan fingerprint density at radius 2 is 2.10 bits per heavy atom. The Morgan fingerprint density at radius 1 is 1.20 bits per heavy atom. The SMILES string of the molecule is C(#CC(c1nccs1)C1C=CC=CC1)c1ccccc1. The smallest absolute Gasteiger partial charge is 0.108 e. The highest BCUT2D eigenvalue weighted by Crippen LogP contribution is 2.31. The van der Waals surface area contributed by atoms with Crippen LogP contribution in [0.3, 0.4) is 0 Å². The molecule has 0 aliphatic heterocycles. The van der Waals surface area contributed by atoms with E-state index in [9.17, 15) is 0 Å². The van der Waals surface area contributed by atoms with Crippen molar-refractivity contribution < 1.29 is 0 Å². The number of aromatic nitrogens is 1. The first-order valence-electron chi connectivity index (χ1n) is 6.73. The van der Waals surface area contributed by atoms with E-state index in [4.69, 9.17) is 0 Å². The van der Waals surface area contributed by atoms with Crippen LogP contribution in [0.2, 0.25) is 0 Å². The van der Waals surface area contributed by atoms with Gasteiger partial charge in [-0.1, -0.05) is 54.3 Å². The van der Waals surface area contributed by atoms with Gasteiger partial charge in [-0.3, -0.25) is 0 Å². The molecule has 2 unspecified atom stereocenters. The Labute approximate surface area is 123 Å². The molecule has 1 aliphatic carbocycles. The van der Waals surface area contributed by atoms with Crippen molar-refractivity contribution in [1.29, 1.82) is 0 Å². The summed E-state index contributed by atoms with van der Waals surface area (Å²) in [6.45, 7) is 0. The summed E-state index contributed by atoms with van der Waals surface area (Å²) in [4.78, 5) is 4.46. The molecule has 1 aromatic carbocycles. The molecule has 0 bridgehead atoms. The van der Waals surface area contributed by atoms with Crippen LogP contribution in [0.25, 0.3) is 0 Å². The van der Waals surface area contributed by atoms with E-state index >= 15 is 0 Å². The lowest BCUT2D eigenvalue weighted by Crippen LogP contribution is -2.10. The highest BCUT2D eigenvalue weighted by molar-refractivity contribution is 7.09. The summed E-state index contributed by atoms with van der Waals surface area (Å²) in [7, 11) is 0. The number of benzene rings is 1. The largest absolute Gasteiger partial charge is 0.248 e. The van der Waals surface area contributed by atoms with Crippen molar-refractivity contribution in [2.75, 3.05) is 0 Å². The number of thiazole rings is 1. The molecule has 2 heteroatoms. The summed E-state index contributed by atoms with van der Waals surface area (Å²) >= 11 is 1.69. The van der Waals surface area contributed by atoms with Crippen molar-refractivity contribution >= 4 is 11.3 Å². The van der Waals surface area contributed by atoms with Gasteiger partial charge in [-0.15, -0.1) is 11.3 Å². The lowest BCUT2D eigenvalue weighted by atomic mass is 9.87. The van der Waals surface area contributed by atoms with E-state index in [1.165, 1.54) is 0 Å². The van der Waals surface area contributed by atoms with Crippen LogP contribution in [0, 0.1) is 17.8 Å². The molecule has 0 N–H and O–H groups in total. The van der Waals surface area contributed by atoms with Crippen LogP contribution in [0.15, 0.2) is 66.2 Å². The first-order valence-corrected chi connectivity index (χ1v) is 7.61. The molecule has 20 heavy (non-hydrogen) atoms. The maximum absolute atomic E-state index is 4.46. The summed E-state index contributed by atoms with van der Waals surface area (Å²) < 4.78 is 0. The van der Waals surface area contributed by atoms with Gasteiger partial charge in [0.05, 0.1) is 5.92 Å². The Balaban J connectivity index is 1.89. The Bertz CT molecular complexity index is 656. The zero-order valence-corrected chi connectivity index (χ0v) is 11.9. The number of hydrogen-bond donors (Lipinski definition) is 0. The maximum Gasteiger partial charge on any atom is 0.108 e. The van der Waals surface area contributed by atoms with Gasteiger partial charge < -0.3 is 0 Å². The zero-order valence-electron chi connectivity index (χ0n) is 11.1. The summed E-state index contributed by atoms with van der Waals surface area (Å²) in [5, 5.41) is 3.13. The Kier molecular flexibility index (Phi) is 4.10. The van der Waals surface area contributed by atoms with Crippen LogP contribution in [-0.2, 0) is 0 Å². The standard InChI is InChI=1S/C18H15NS/c1-3-7-15(8-4-1)11-12-17(18-19-13-14-20-18)16-9-5-2-6-10-16/h1-9,13-14,16-17H,10H2. The Hall–Kier alpha value is -2.11.